The molecule has 0 saturated carbocycles. The molecule has 0 fully saturated rings. The van der Waals surface area contributed by atoms with Gasteiger partial charge >= 0.3 is 0 Å². The molecule has 7 heteroatoms. The Bertz CT molecular complexity index is 823. The number of carbonyl (C=O) groups excluding carboxylic acids is 2. The van der Waals surface area contributed by atoms with Crippen molar-refractivity contribution in [3.8, 4) is 0 Å². The minimum atomic E-state index is -1.68. The van der Waals surface area contributed by atoms with E-state index in [-0.39, 0.29) is 0 Å². The van der Waals surface area contributed by atoms with Crippen molar-refractivity contribution in [3.05, 3.63) is 65.5 Å². The zero-order valence-electron chi connectivity index (χ0n) is 15.1. The summed E-state index contributed by atoms with van der Waals surface area (Å²) >= 11 is 0. The standard InChI is InChI=1S/C20H21F3N2O2/c1-20(2,18(26)24-12-6-9-13-7-4-3-5-8-13)19(27)25-15-11-10-14(21)16(22)17(15)23/h3-5,7-8,10-11H,6,9,12H2,1-2H3,(H,24,26)(H,25,27). The third-order valence-corrected chi connectivity index (χ3v) is 4.19. The Balaban J connectivity index is 1.90. The lowest BCUT2D eigenvalue weighted by Gasteiger charge is -2.23. The summed E-state index contributed by atoms with van der Waals surface area (Å²) in [5, 5.41) is 4.80. The molecule has 0 aliphatic rings. The molecular formula is C20H21F3N2O2. The van der Waals surface area contributed by atoms with Crippen molar-refractivity contribution in [1.29, 1.82) is 0 Å². The Kier molecular flexibility index (Phi) is 6.60. The first-order valence-electron chi connectivity index (χ1n) is 8.50. The quantitative estimate of drug-likeness (QED) is 0.437. The van der Waals surface area contributed by atoms with Gasteiger partial charge in [-0.15, -0.1) is 0 Å². The topological polar surface area (TPSA) is 58.2 Å². The fourth-order valence-corrected chi connectivity index (χ4v) is 2.36. The summed E-state index contributed by atoms with van der Waals surface area (Å²) in [6.45, 7) is 3.10. The Morgan fingerprint density at radius 1 is 0.926 bits per heavy atom. The lowest BCUT2D eigenvalue weighted by atomic mass is 9.90. The van der Waals surface area contributed by atoms with Gasteiger partial charge in [-0.1, -0.05) is 30.3 Å². The van der Waals surface area contributed by atoms with Crippen molar-refractivity contribution >= 4 is 17.5 Å². The summed E-state index contributed by atoms with van der Waals surface area (Å²) in [6.07, 6.45) is 1.46. The molecule has 0 saturated heterocycles. The average Bonchev–Trinajstić information content (AvgIpc) is 2.66. The summed E-state index contributed by atoms with van der Waals surface area (Å²) in [4.78, 5) is 24.6. The maximum absolute atomic E-state index is 13.7. The first-order chi connectivity index (χ1) is 12.7. The molecule has 2 aromatic rings. The van der Waals surface area contributed by atoms with Crippen molar-refractivity contribution < 1.29 is 22.8 Å². The van der Waals surface area contributed by atoms with Gasteiger partial charge in [0.25, 0.3) is 0 Å². The number of amides is 2. The van der Waals surface area contributed by atoms with Crippen molar-refractivity contribution in [2.75, 3.05) is 11.9 Å². The molecule has 27 heavy (non-hydrogen) atoms. The van der Waals surface area contributed by atoms with Crippen LogP contribution in [0.4, 0.5) is 18.9 Å². The first kappa shape index (κ1) is 20.5. The van der Waals surface area contributed by atoms with Crippen LogP contribution in [0.5, 0.6) is 0 Å². The number of halogens is 3. The summed E-state index contributed by atoms with van der Waals surface area (Å²) in [5.41, 5.74) is -0.911. The number of aryl methyl sites for hydroxylation is 1. The average molecular weight is 378 g/mol. The van der Waals surface area contributed by atoms with Crippen LogP contribution in [0.3, 0.4) is 0 Å². The number of carbonyl (C=O) groups is 2. The van der Waals surface area contributed by atoms with E-state index in [4.69, 9.17) is 0 Å². The molecule has 144 valence electrons. The highest BCUT2D eigenvalue weighted by Gasteiger charge is 2.36. The fourth-order valence-electron chi connectivity index (χ4n) is 2.36. The van der Waals surface area contributed by atoms with Crippen LogP contribution in [0, 0.1) is 22.9 Å². The molecule has 0 unspecified atom stereocenters. The third-order valence-electron chi connectivity index (χ3n) is 4.19. The summed E-state index contributed by atoms with van der Waals surface area (Å²) < 4.78 is 39.9. The van der Waals surface area contributed by atoms with Gasteiger partial charge in [0.2, 0.25) is 11.8 Å². The molecule has 2 rings (SSSR count). The Hall–Kier alpha value is -2.83. The smallest absolute Gasteiger partial charge is 0.239 e. The molecule has 0 atom stereocenters. The molecule has 0 aromatic heterocycles. The van der Waals surface area contributed by atoms with Crippen LogP contribution in [0.2, 0.25) is 0 Å². The third kappa shape index (κ3) is 5.09. The molecule has 2 aromatic carbocycles. The zero-order chi connectivity index (χ0) is 20.0. The van der Waals surface area contributed by atoms with Gasteiger partial charge in [-0.3, -0.25) is 9.59 Å². The maximum atomic E-state index is 13.7. The van der Waals surface area contributed by atoms with Gasteiger partial charge in [-0.25, -0.2) is 13.2 Å². The van der Waals surface area contributed by atoms with E-state index in [0.29, 0.717) is 19.0 Å². The highest BCUT2D eigenvalue weighted by molar-refractivity contribution is 6.09. The minimum Gasteiger partial charge on any atom is -0.355 e. The van der Waals surface area contributed by atoms with Gasteiger partial charge in [0.1, 0.15) is 5.41 Å². The van der Waals surface area contributed by atoms with E-state index >= 15 is 0 Å². The number of hydrogen-bond acceptors (Lipinski definition) is 2. The summed E-state index contributed by atoms with van der Waals surface area (Å²) in [6, 6.07) is 11.3. The van der Waals surface area contributed by atoms with Crippen molar-refractivity contribution in [3.63, 3.8) is 0 Å². The van der Waals surface area contributed by atoms with Gasteiger partial charge in [-0.05, 0) is 44.4 Å². The van der Waals surface area contributed by atoms with Crippen LogP contribution >= 0.6 is 0 Å². The molecule has 0 aliphatic heterocycles. The number of benzene rings is 2. The van der Waals surface area contributed by atoms with Gasteiger partial charge in [0.15, 0.2) is 17.5 Å². The Morgan fingerprint density at radius 2 is 1.59 bits per heavy atom. The van der Waals surface area contributed by atoms with Crippen molar-refractivity contribution in [2.24, 2.45) is 5.41 Å². The van der Waals surface area contributed by atoms with Gasteiger partial charge in [0.05, 0.1) is 5.69 Å². The van der Waals surface area contributed by atoms with E-state index in [9.17, 15) is 22.8 Å². The van der Waals surface area contributed by atoms with Crippen LogP contribution in [0.15, 0.2) is 42.5 Å². The van der Waals surface area contributed by atoms with E-state index in [1.54, 1.807) is 0 Å². The van der Waals surface area contributed by atoms with E-state index < -0.39 is 40.4 Å². The van der Waals surface area contributed by atoms with Gasteiger partial charge < -0.3 is 10.6 Å². The van der Waals surface area contributed by atoms with Crippen LogP contribution < -0.4 is 10.6 Å². The Morgan fingerprint density at radius 3 is 2.26 bits per heavy atom. The lowest BCUT2D eigenvalue weighted by Crippen LogP contribution is -2.45. The second-order valence-corrected chi connectivity index (χ2v) is 6.65. The second kappa shape index (κ2) is 8.70. The van der Waals surface area contributed by atoms with Crippen LogP contribution in [0.1, 0.15) is 25.8 Å². The highest BCUT2D eigenvalue weighted by atomic mass is 19.2. The van der Waals surface area contributed by atoms with E-state index in [1.165, 1.54) is 13.8 Å². The maximum Gasteiger partial charge on any atom is 0.239 e. The molecule has 2 amide bonds. The number of nitrogens with one attached hydrogen (secondary N) is 2. The highest BCUT2D eigenvalue weighted by Crippen LogP contribution is 2.23. The van der Waals surface area contributed by atoms with Crippen LogP contribution in [-0.4, -0.2) is 18.4 Å². The Labute approximate surface area is 155 Å². The van der Waals surface area contributed by atoms with E-state index in [1.807, 2.05) is 30.3 Å². The zero-order valence-corrected chi connectivity index (χ0v) is 15.1. The second-order valence-electron chi connectivity index (χ2n) is 6.65. The molecular weight excluding hydrogens is 357 g/mol. The van der Waals surface area contributed by atoms with Crippen LogP contribution in [0.25, 0.3) is 0 Å². The molecule has 0 heterocycles. The van der Waals surface area contributed by atoms with E-state index in [2.05, 4.69) is 10.6 Å². The lowest BCUT2D eigenvalue weighted by molar-refractivity contribution is -0.138. The molecule has 0 bridgehead atoms. The monoisotopic (exact) mass is 378 g/mol. The summed E-state index contributed by atoms with van der Waals surface area (Å²) in [5.74, 6) is -5.93. The van der Waals surface area contributed by atoms with Crippen molar-refractivity contribution in [1.82, 2.24) is 5.32 Å². The number of anilines is 1. The molecule has 0 aliphatic carbocycles. The van der Waals surface area contributed by atoms with Crippen molar-refractivity contribution in [2.45, 2.75) is 26.7 Å². The molecule has 0 radical (unpaired) electrons. The summed E-state index contributed by atoms with van der Waals surface area (Å²) in [7, 11) is 0. The normalized spacial score (nSPS) is 11.1. The molecule has 2 N–H and O–H groups in total. The first-order valence-corrected chi connectivity index (χ1v) is 8.50. The predicted octanol–water partition coefficient (Wildman–Crippen LogP) is 3.82. The van der Waals surface area contributed by atoms with Gasteiger partial charge in [-0.2, -0.15) is 0 Å². The fraction of sp³-hybridized carbons (Fsp3) is 0.300. The molecule has 4 nitrogen and oxygen atoms in total. The van der Waals surface area contributed by atoms with Gasteiger partial charge in [0, 0.05) is 6.54 Å². The number of rotatable bonds is 7. The predicted molar refractivity (Wildman–Crippen MR) is 96.5 cm³/mol. The SMILES string of the molecule is CC(C)(C(=O)NCCCc1ccccc1)C(=O)Nc1ccc(F)c(F)c1F. The minimum absolute atomic E-state index is 0.365. The van der Waals surface area contributed by atoms with E-state index in [0.717, 1.165) is 18.1 Å². The number of hydrogen-bond donors (Lipinski definition) is 2. The molecule has 0 spiro atoms. The largest absolute Gasteiger partial charge is 0.355 e. The van der Waals surface area contributed by atoms with Crippen LogP contribution in [-0.2, 0) is 16.0 Å².